The van der Waals surface area contributed by atoms with Gasteiger partial charge >= 0.3 is 0 Å². The number of hydrogen-bond acceptors (Lipinski definition) is 3. The number of phenols is 3. The first kappa shape index (κ1) is 21.6. The van der Waals surface area contributed by atoms with Gasteiger partial charge in [-0.2, -0.15) is 0 Å². The molecule has 0 amide bonds. The Morgan fingerprint density at radius 2 is 1.24 bits per heavy atom. The predicted octanol–water partition coefficient (Wildman–Crippen LogP) is 7.18. The summed E-state index contributed by atoms with van der Waals surface area (Å²) in [5.74, 6) is 0.698. The summed E-state index contributed by atoms with van der Waals surface area (Å²) in [7, 11) is 0. The molecule has 4 aromatic rings. The number of phenolic OH excluding ortho intramolecular Hbond substituents is 3. The van der Waals surface area contributed by atoms with Crippen molar-refractivity contribution in [2.24, 2.45) is 5.92 Å². The molecule has 34 heavy (non-hydrogen) atoms. The van der Waals surface area contributed by atoms with Gasteiger partial charge in [-0.3, -0.25) is 0 Å². The number of rotatable bonds is 5. The summed E-state index contributed by atoms with van der Waals surface area (Å²) >= 11 is 0. The Kier molecular flexibility index (Phi) is 5.69. The lowest BCUT2D eigenvalue weighted by Crippen LogP contribution is -2.10. The van der Waals surface area contributed by atoms with Gasteiger partial charge in [0.15, 0.2) is 0 Å². The van der Waals surface area contributed by atoms with Gasteiger partial charge in [-0.15, -0.1) is 0 Å². The highest BCUT2D eigenvalue weighted by Crippen LogP contribution is 2.43. The van der Waals surface area contributed by atoms with Crippen LogP contribution in [0.3, 0.4) is 0 Å². The fourth-order valence-electron chi connectivity index (χ4n) is 4.61. The fraction of sp³-hybridized carbons (Fsp3) is 0.0968. The molecule has 0 saturated heterocycles. The third-order valence-corrected chi connectivity index (χ3v) is 6.46. The summed E-state index contributed by atoms with van der Waals surface area (Å²) in [6.07, 6.45) is 6.52. The third-order valence-electron chi connectivity index (χ3n) is 6.46. The molecule has 168 valence electrons. The van der Waals surface area contributed by atoms with Crippen molar-refractivity contribution in [3.8, 4) is 28.4 Å². The molecule has 4 aromatic carbocycles. The Bertz CT molecular complexity index is 1360. The van der Waals surface area contributed by atoms with Crippen LogP contribution < -0.4 is 0 Å². The SMILES string of the molecule is Cc1ccc(C(c2cc(-c3ccc(O)cc3)ccc2O)C2C=CC(c3ccc(O)cc3)=C2)cc1. The summed E-state index contributed by atoms with van der Waals surface area (Å²) < 4.78 is 0. The Morgan fingerprint density at radius 1 is 0.647 bits per heavy atom. The van der Waals surface area contributed by atoms with E-state index in [1.807, 2.05) is 36.4 Å². The van der Waals surface area contributed by atoms with Crippen molar-refractivity contribution in [3.05, 3.63) is 131 Å². The average molecular weight is 447 g/mol. The Balaban J connectivity index is 1.60. The van der Waals surface area contributed by atoms with Crippen molar-refractivity contribution in [3.63, 3.8) is 0 Å². The van der Waals surface area contributed by atoms with Gasteiger partial charge in [-0.1, -0.05) is 78.4 Å². The fourth-order valence-corrected chi connectivity index (χ4v) is 4.61. The van der Waals surface area contributed by atoms with E-state index in [0.29, 0.717) is 0 Å². The molecular formula is C31H26O3. The zero-order valence-corrected chi connectivity index (χ0v) is 18.9. The van der Waals surface area contributed by atoms with E-state index in [9.17, 15) is 15.3 Å². The zero-order valence-electron chi connectivity index (χ0n) is 18.9. The summed E-state index contributed by atoms with van der Waals surface area (Å²) in [6.45, 7) is 2.07. The van der Waals surface area contributed by atoms with Gasteiger partial charge in [0, 0.05) is 17.4 Å². The Labute approximate surface area is 199 Å². The van der Waals surface area contributed by atoms with E-state index in [4.69, 9.17) is 0 Å². The van der Waals surface area contributed by atoms with Crippen molar-refractivity contribution in [1.29, 1.82) is 0 Å². The summed E-state index contributed by atoms with van der Waals surface area (Å²) in [6, 6.07) is 28.5. The quantitative estimate of drug-likeness (QED) is 0.304. The molecule has 1 aliphatic carbocycles. The topological polar surface area (TPSA) is 60.7 Å². The number of aryl methyl sites for hydroxylation is 1. The maximum Gasteiger partial charge on any atom is 0.119 e. The number of benzene rings is 4. The standard InChI is InChI=1S/C31H26O3/c1-20-2-4-23(5-3-20)31(26-7-6-24(18-26)21-8-13-27(32)14-9-21)29-19-25(12-17-30(29)34)22-10-15-28(33)16-11-22/h2-19,26,31-34H,1H3. The van der Waals surface area contributed by atoms with Crippen LogP contribution in [0.5, 0.6) is 17.2 Å². The minimum atomic E-state index is -0.0801. The van der Waals surface area contributed by atoms with E-state index in [0.717, 1.165) is 33.4 Å². The molecule has 2 atom stereocenters. The predicted molar refractivity (Wildman–Crippen MR) is 137 cm³/mol. The van der Waals surface area contributed by atoms with Crippen LogP contribution in [-0.2, 0) is 0 Å². The van der Waals surface area contributed by atoms with Gasteiger partial charge in [-0.25, -0.2) is 0 Å². The average Bonchev–Trinajstić information content (AvgIpc) is 3.32. The van der Waals surface area contributed by atoms with Gasteiger partial charge in [0.25, 0.3) is 0 Å². The van der Waals surface area contributed by atoms with E-state index in [-0.39, 0.29) is 29.1 Å². The lowest BCUT2D eigenvalue weighted by Gasteiger charge is -2.24. The molecule has 0 saturated carbocycles. The molecule has 0 radical (unpaired) electrons. The first-order chi connectivity index (χ1) is 16.5. The van der Waals surface area contributed by atoms with Gasteiger partial charge in [0.05, 0.1) is 0 Å². The number of aromatic hydroxyl groups is 3. The molecule has 2 unspecified atom stereocenters. The molecule has 5 rings (SSSR count). The number of allylic oxidation sites excluding steroid dienone is 4. The molecule has 3 nitrogen and oxygen atoms in total. The van der Waals surface area contributed by atoms with Crippen molar-refractivity contribution in [2.45, 2.75) is 12.8 Å². The number of hydrogen-bond donors (Lipinski definition) is 3. The third kappa shape index (κ3) is 4.33. The van der Waals surface area contributed by atoms with E-state index < -0.39 is 0 Å². The molecule has 0 aromatic heterocycles. The maximum absolute atomic E-state index is 11.0. The van der Waals surface area contributed by atoms with Crippen molar-refractivity contribution in [2.75, 3.05) is 0 Å². The maximum atomic E-state index is 11.0. The lowest BCUT2D eigenvalue weighted by molar-refractivity contribution is 0.461. The second kappa shape index (κ2) is 8.95. The van der Waals surface area contributed by atoms with Crippen LogP contribution in [0, 0.1) is 12.8 Å². The van der Waals surface area contributed by atoms with Crippen molar-refractivity contribution in [1.82, 2.24) is 0 Å². The molecular weight excluding hydrogens is 420 g/mol. The second-order valence-corrected chi connectivity index (χ2v) is 8.81. The molecule has 3 heteroatoms. The normalized spacial score (nSPS) is 15.8. The van der Waals surface area contributed by atoms with Crippen LogP contribution in [0.15, 0.2) is 109 Å². The van der Waals surface area contributed by atoms with Gasteiger partial charge in [0.2, 0.25) is 0 Å². The van der Waals surface area contributed by atoms with Crippen LogP contribution in [0.25, 0.3) is 16.7 Å². The molecule has 1 aliphatic rings. The van der Waals surface area contributed by atoms with E-state index >= 15 is 0 Å². The van der Waals surface area contributed by atoms with Crippen LogP contribution in [0.4, 0.5) is 0 Å². The van der Waals surface area contributed by atoms with Crippen LogP contribution in [0.1, 0.15) is 28.2 Å². The van der Waals surface area contributed by atoms with Gasteiger partial charge in [0.1, 0.15) is 17.2 Å². The Hall–Kier alpha value is -4.24. The molecule has 0 fully saturated rings. The molecule has 0 heterocycles. The largest absolute Gasteiger partial charge is 0.508 e. The summed E-state index contributed by atoms with van der Waals surface area (Å²) in [5, 5.41) is 30.3. The van der Waals surface area contributed by atoms with Crippen molar-refractivity contribution < 1.29 is 15.3 Å². The molecule has 3 N–H and O–H groups in total. The summed E-state index contributed by atoms with van der Waals surface area (Å²) in [4.78, 5) is 0. The molecule has 0 bridgehead atoms. The summed E-state index contributed by atoms with van der Waals surface area (Å²) in [5.41, 5.74) is 7.26. The minimum Gasteiger partial charge on any atom is -0.508 e. The highest BCUT2D eigenvalue weighted by Gasteiger charge is 2.27. The zero-order chi connectivity index (χ0) is 23.7. The van der Waals surface area contributed by atoms with Crippen LogP contribution in [-0.4, -0.2) is 15.3 Å². The van der Waals surface area contributed by atoms with Gasteiger partial charge < -0.3 is 15.3 Å². The van der Waals surface area contributed by atoms with Crippen LogP contribution >= 0.6 is 0 Å². The first-order valence-electron chi connectivity index (χ1n) is 11.4. The van der Waals surface area contributed by atoms with Crippen molar-refractivity contribution >= 4 is 5.57 Å². The molecule has 0 aliphatic heterocycles. The van der Waals surface area contributed by atoms with Gasteiger partial charge in [-0.05, 0) is 71.1 Å². The monoisotopic (exact) mass is 446 g/mol. The second-order valence-electron chi connectivity index (χ2n) is 8.81. The first-order valence-corrected chi connectivity index (χ1v) is 11.4. The minimum absolute atomic E-state index is 0.0486. The highest BCUT2D eigenvalue weighted by molar-refractivity contribution is 5.78. The Morgan fingerprint density at radius 3 is 1.88 bits per heavy atom. The smallest absolute Gasteiger partial charge is 0.119 e. The van der Waals surface area contributed by atoms with E-state index in [2.05, 4.69) is 49.4 Å². The lowest BCUT2D eigenvalue weighted by atomic mass is 9.79. The molecule has 0 spiro atoms. The highest BCUT2D eigenvalue weighted by atomic mass is 16.3. The van der Waals surface area contributed by atoms with E-state index in [1.54, 1.807) is 30.3 Å². The van der Waals surface area contributed by atoms with Crippen LogP contribution in [0.2, 0.25) is 0 Å². The van der Waals surface area contributed by atoms with E-state index in [1.165, 1.54) is 5.56 Å².